The maximum Gasteiger partial charge on any atom is 0.338 e. The number of fused-ring (bicyclic) bond motifs is 2. The molecule has 14 heavy (non-hydrogen) atoms. The molecule has 1 atom stereocenters. The minimum Gasteiger partial charge on any atom is -0.457 e. The fourth-order valence-electron chi connectivity index (χ4n) is 2.47. The van der Waals surface area contributed by atoms with Gasteiger partial charge in [0, 0.05) is 11.0 Å². The Morgan fingerprint density at radius 1 is 1.43 bits per heavy atom. The summed E-state index contributed by atoms with van der Waals surface area (Å²) in [5.41, 5.74) is 3.26. The highest BCUT2D eigenvalue weighted by Crippen LogP contribution is 2.45. The molecule has 2 heterocycles. The van der Waals surface area contributed by atoms with E-state index in [4.69, 9.17) is 9.47 Å². The summed E-state index contributed by atoms with van der Waals surface area (Å²) in [5, 5.41) is 0. The first-order valence-electron chi connectivity index (χ1n) is 4.89. The van der Waals surface area contributed by atoms with Gasteiger partial charge in [-0.3, -0.25) is 0 Å². The number of ether oxygens (including phenoxy) is 2. The fraction of sp³-hybridized carbons (Fsp3) is 0.545. The van der Waals surface area contributed by atoms with E-state index in [0.29, 0.717) is 13.2 Å². The number of carbonyl (C=O) groups excluding carboxylic acids is 1. The van der Waals surface area contributed by atoms with Crippen LogP contribution in [-0.4, -0.2) is 25.8 Å². The fourth-order valence-corrected chi connectivity index (χ4v) is 2.47. The number of esters is 1. The second-order valence-electron chi connectivity index (χ2n) is 4.41. The van der Waals surface area contributed by atoms with E-state index in [9.17, 15) is 4.79 Å². The van der Waals surface area contributed by atoms with Crippen molar-refractivity contribution in [2.75, 3.05) is 19.8 Å². The van der Waals surface area contributed by atoms with Gasteiger partial charge in [0.25, 0.3) is 0 Å². The summed E-state index contributed by atoms with van der Waals surface area (Å²) < 4.78 is 10.5. The summed E-state index contributed by atoms with van der Waals surface area (Å²) in [4.78, 5) is 11.3. The van der Waals surface area contributed by atoms with Gasteiger partial charge in [-0.25, -0.2) is 4.79 Å². The van der Waals surface area contributed by atoms with E-state index < -0.39 is 0 Å². The summed E-state index contributed by atoms with van der Waals surface area (Å²) in [7, 11) is 0. The molecule has 0 spiro atoms. The number of rotatable bonds is 0. The first-order valence-corrected chi connectivity index (χ1v) is 4.89. The summed E-state index contributed by atoms with van der Waals surface area (Å²) in [6.07, 6.45) is 2.90. The number of hydrogen-bond acceptors (Lipinski definition) is 3. The molecule has 2 aliphatic heterocycles. The first-order chi connectivity index (χ1) is 6.71. The lowest BCUT2D eigenvalue weighted by Crippen LogP contribution is -2.22. The van der Waals surface area contributed by atoms with Crippen LogP contribution in [0.25, 0.3) is 0 Å². The Kier molecular flexibility index (Phi) is 1.46. The Hall–Kier alpha value is -1.09. The van der Waals surface area contributed by atoms with Crippen LogP contribution in [-0.2, 0) is 14.3 Å². The van der Waals surface area contributed by atoms with Gasteiger partial charge < -0.3 is 9.47 Å². The van der Waals surface area contributed by atoms with Gasteiger partial charge in [0.15, 0.2) is 0 Å². The summed E-state index contributed by atoms with van der Waals surface area (Å²) in [6, 6.07) is 0. The molecule has 0 aromatic heterocycles. The van der Waals surface area contributed by atoms with E-state index in [1.54, 1.807) is 0 Å². The van der Waals surface area contributed by atoms with E-state index in [0.717, 1.165) is 24.2 Å². The predicted molar refractivity (Wildman–Crippen MR) is 49.6 cm³/mol. The van der Waals surface area contributed by atoms with Crippen LogP contribution in [0, 0.1) is 5.41 Å². The lowest BCUT2D eigenvalue weighted by molar-refractivity contribution is -0.135. The Bertz CT molecular complexity index is 378. The number of allylic oxidation sites excluding steroid dienone is 1. The zero-order valence-electron chi connectivity index (χ0n) is 8.13. The van der Waals surface area contributed by atoms with Gasteiger partial charge in [0.05, 0.1) is 18.8 Å². The molecule has 1 aliphatic carbocycles. The smallest absolute Gasteiger partial charge is 0.338 e. The highest BCUT2D eigenvalue weighted by atomic mass is 16.5. The monoisotopic (exact) mass is 192 g/mol. The quantitative estimate of drug-likeness (QED) is 0.541. The second kappa shape index (κ2) is 2.48. The summed E-state index contributed by atoms with van der Waals surface area (Å²) >= 11 is 0. The Morgan fingerprint density at radius 3 is 3.14 bits per heavy atom. The van der Waals surface area contributed by atoms with Crippen LogP contribution in [0.2, 0.25) is 0 Å². The topological polar surface area (TPSA) is 35.5 Å². The van der Waals surface area contributed by atoms with Crippen molar-refractivity contribution in [2.45, 2.75) is 13.3 Å². The van der Waals surface area contributed by atoms with Crippen molar-refractivity contribution in [3.8, 4) is 0 Å². The molecule has 3 heteroatoms. The van der Waals surface area contributed by atoms with Crippen molar-refractivity contribution >= 4 is 5.97 Å². The second-order valence-corrected chi connectivity index (χ2v) is 4.41. The standard InChI is InChI=1S/C11H12O3/c1-11-3-2-7-8(4-14-10(7)12)9(11)5-13-6-11/h2H,3-6H2,1H3/t11-/m0/s1. The van der Waals surface area contributed by atoms with E-state index in [1.807, 2.05) is 6.08 Å². The van der Waals surface area contributed by atoms with Crippen molar-refractivity contribution < 1.29 is 14.3 Å². The van der Waals surface area contributed by atoms with Crippen LogP contribution in [0.1, 0.15) is 13.3 Å². The van der Waals surface area contributed by atoms with Crippen molar-refractivity contribution in [1.29, 1.82) is 0 Å². The zero-order chi connectivity index (χ0) is 9.76. The lowest BCUT2D eigenvalue weighted by atomic mass is 9.74. The maximum absolute atomic E-state index is 11.3. The Morgan fingerprint density at radius 2 is 2.29 bits per heavy atom. The maximum atomic E-state index is 11.3. The average Bonchev–Trinajstić information content (AvgIpc) is 2.69. The Labute approximate surface area is 82.4 Å². The SMILES string of the molecule is C[C@@]12CC=C3C(=O)OCC3=C1COC2. The number of hydrogen-bond donors (Lipinski definition) is 0. The molecule has 0 aromatic carbocycles. The van der Waals surface area contributed by atoms with Crippen LogP contribution < -0.4 is 0 Å². The highest BCUT2D eigenvalue weighted by Gasteiger charge is 2.42. The molecule has 0 saturated carbocycles. The molecule has 0 N–H and O–H groups in total. The summed E-state index contributed by atoms with van der Waals surface area (Å²) in [5.74, 6) is -0.165. The molecular weight excluding hydrogens is 180 g/mol. The van der Waals surface area contributed by atoms with E-state index in [-0.39, 0.29) is 11.4 Å². The highest BCUT2D eigenvalue weighted by molar-refractivity contribution is 5.97. The first kappa shape index (κ1) is 8.24. The third-order valence-corrected chi connectivity index (χ3v) is 3.41. The van der Waals surface area contributed by atoms with Crippen molar-refractivity contribution in [3.05, 3.63) is 22.8 Å². The van der Waals surface area contributed by atoms with Crippen molar-refractivity contribution in [2.24, 2.45) is 5.41 Å². The van der Waals surface area contributed by atoms with Crippen molar-refractivity contribution in [3.63, 3.8) is 0 Å². The van der Waals surface area contributed by atoms with Gasteiger partial charge in [-0.15, -0.1) is 0 Å². The largest absolute Gasteiger partial charge is 0.457 e. The van der Waals surface area contributed by atoms with Crippen LogP contribution in [0.3, 0.4) is 0 Å². The van der Waals surface area contributed by atoms with E-state index in [2.05, 4.69) is 6.92 Å². The van der Waals surface area contributed by atoms with Crippen LogP contribution in [0.15, 0.2) is 22.8 Å². The molecule has 3 nitrogen and oxygen atoms in total. The van der Waals surface area contributed by atoms with Crippen LogP contribution >= 0.6 is 0 Å². The minimum absolute atomic E-state index is 0.118. The normalized spacial score (nSPS) is 35.2. The Balaban J connectivity index is 2.14. The molecule has 2 saturated heterocycles. The lowest BCUT2D eigenvalue weighted by Gasteiger charge is -2.27. The molecule has 3 aliphatic rings. The summed E-state index contributed by atoms with van der Waals surface area (Å²) in [6.45, 7) is 4.07. The molecule has 0 bridgehead atoms. The molecule has 0 amide bonds. The van der Waals surface area contributed by atoms with Gasteiger partial charge in [0.2, 0.25) is 0 Å². The molecule has 0 radical (unpaired) electrons. The number of cyclic esters (lactones) is 1. The number of carbonyl (C=O) groups is 1. The van der Waals surface area contributed by atoms with Crippen LogP contribution in [0.4, 0.5) is 0 Å². The third kappa shape index (κ3) is 0.879. The predicted octanol–water partition coefficient (Wildman–Crippen LogP) is 1.21. The van der Waals surface area contributed by atoms with Crippen LogP contribution in [0.5, 0.6) is 0 Å². The minimum atomic E-state index is -0.165. The zero-order valence-corrected chi connectivity index (χ0v) is 8.13. The molecule has 0 unspecified atom stereocenters. The molecular formula is C11H12O3. The molecule has 2 fully saturated rings. The van der Waals surface area contributed by atoms with Gasteiger partial charge in [-0.05, 0) is 12.0 Å². The van der Waals surface area contributed by atoms with E-state index >= 15 is 0 Å². The third-order valence-electron chi connectivity index (χ3n) is 3.41. The van der Waals surface area contributed by atoms with Gasteiger partial charge in [-0.1, -0.05) is 13.0 Å². The molecule has 0 aromatic rings. The average molecular weight is 192 g/mol. The molecule has 74 valence electrons. The van der Waals surface area contributed by atoms with Gasteiger partial charge in [0.1, 0.15) is 6.61 Å². The van der Waals surface area contributed by atoms with E-state index in [1.165, 1.54) is 5.57 Å². The van der Waals surface area contributed by atoms with Gasteiger partial charge in [-0.2, -0.15) is 0 Å². The van der Waals surface area contributed by atoms with Gasteiger partial charge >= 0.3 is 5.97 Å². The van der Waals surface area contributed by atoms with Crippen molar-refractivity contribution in [1.82, 2.24) is 0 Å². The molecule has 3 rings (SSSR count).